The molecule has 0 atom stereocenters. The van der Waals surface area contributed by atoms with Crippen LogP contribution in [-0.4, -0.2) is 19.4 Å². The number of benzene rings is 1. The van der Waals surface area contributed by atoms with Crippen LogP contribution in [0.15, 0.2) is 30.7 Å². The summed E-state index contributed by atoms with van der Waals surface area (Å²) in [7, 11) is 0. The van der Waals surface area contributed by atoms with Crippen LogP contribution in [0.4, 0.5) is 17.2 Å². The SMILES string of the molecule is Nc1ccc([N+](=O)[O-])cc1Cn1cnc([N+](=O)[O-])c1. The molecule has 1 aromatic heterocycles. The van der Waals surface area contributed by atoms with Crippen LogP contribution >= 0.6 is 0 Å². The maximum absolute atomic E-state index is 10.7. The molecule has 19 heavy (non-hydrogen) atoms. The Hall–Kier alpha value is -2.97. The van der Waals surface area contributed by atoms with Crippen LogP contribution in [0.1, 0.15) is 5.56 Å². The maximum atomic E-state index is 10.7. The molecule has 9 nitrogen and oxygen atoms in total. The number of nitrogens with two attached hydrogens (primary N) is 1. The van der Waals surface area contributed by atoms with Gasteiger partial charge in [-0.3, -0.25) is 10.1 Å². The van der Waals surface area contributed by atoms with E-state index in [4.69, 9.17) is 5.73 Å². The molecular weight excluding hydrogens is 254 g/mol. The van der Waals surface area contributed by atoms with Crippen molar-refractivity contribution in [2.24, 2.45) is 0 Å². The zero-order valence-electron chi connectivity index (χ0n) is 9.59. The van der Waals surface area contributed by atoms with Crippen molar-refractivity contribution >= 4 is 17.2 Å². The van der Waals surface area contributed by atoms with Crippen molar-refractivity contribution < 1.29 is 9.85 Å². The van der Waals surface area contributed by atoms with Gasteiger partial charge >= 0.3 is 5.82 Å². The number of nitro groups is 2. The van der Waals surface area contributed by atoms with Gasteiger partial charge in [0.05, 0.1) is 11.5 Å². The van der Waals surface area contributed by atoms with Gasteiger partial charge in [-0.2, -0.15) is 0 Å². The van der Waals surface area contributed by atoms with Gasteiger partial charge in [0.1, 0.15) is 6.20 Å². The second-order valence-electron chi connectivity index (χ2n) is 3.80. The van der Waals surface area contributed by atoms with Gasteiger partial charge in [-0.05, 0) is 16.0 Å². The van der Waals surface area contributed by atoms with Crippen LogP contribution in [0.25, 0.3) is 0 Å². The van der Waals surface area contributed by atoms with Gasteiger partial charge in [-0.1, -0.05) is 0 Å². The number of nitrogens with zero attached hydrogens (tertiary/aromatic N) is 4. The van der Waals surface area contributed by atoms with Crippen LogP contribution in [0.3, 0.4) is 0 Å². The third-order valence-corrected chi connectivity index (χ3v) is 2.50. The molecule has 2 rings (SSSR count). The fraction of sp³-hybridized carbons (Fsp3) is 0.100. The minimum atomic E-state index is -0.618. The van der Waals surface area contributed by atoms with Crippen molar-refractivity contribution in [3.05, 3.63) is 56.5 Å². The summed E-state index contributed by atoms with van der Waals surface area (Å²) in [6.45, 7) is 0.175. The average Bonchev–Trinajstić information content (AvgIpc) is 2.80. The summed E-state index contributed by atoms with van der Waals surface area (Å²) in [6.07, 6.45) is 2.51. The minimum absolute atomic E-state index is 0.0844. The van der Waals surface area contributed by atoms with Gasteiger partial charge in [0.2, 0.25) is 6.33 Å². The predicted octanol–water partition coefficient (Wildman–Crippen LogP) is 1.33. The van der Waals surface area contributed by atoms with Gasteiger partial charge in [-0.25, -0.2) is 0 Å². The van der Waals surface area contributed by atoms with E-state index in [0.29, 0.717) is 11.3 Å². The molecule has 2 N–H and O–H groups in total. The van der Waals surface area contributed by atoms with E-state index in [1.165, 1.54) is 35.3 Å². The topological polar surface area (TPSA) is 130 Å². The lowest BCUT2D eigenvalue weighted by atomic mass is 10.1. The van der Waals surface area contributed by atoms with E-state index < -0.39 is 9.85 Å². The predicted molar refractivity (Wildman–Crippen MR) is 65.5 cm³/mol. The second kappa shape index (κ2) is 4.72. The van der Waals surface area contributed by atoms with Crippen molar-refractivity contribution in [1.29, 1.82) is 0 Å². The molecule has 0 saturated heterocycles. The molecule has 0 saturated carbocycles. The third kappa shape index (κ3) is 2.65. The highest BCUT2D eigenvalue weighted by Crippen LogP contribution is 2.21. The maximum Gasteiger partial charge on any atom is 0.381 e. The molecule has 98 valence electrons. The molecule has 0 unspecified atom stereocenters. The van der Waals surface area contributed by atoms with Crippen LogP contribution < -0.4 is 5.73 Å². The summed E-state index contributed by atoms with van der Waals surface area (Å²) in [6, 6.07) is 4.06. The van der Waals surface area contributed by atoms with Crippen molar-refractivity contribution in [3.63, 3.8) is 0 Å². The Morgan fingerprint density at radius 3 is 2.58 bits per heavy atom. The van der Waals surface area contributed by atoms with E-state index >= 15 is 0 Å². The molecule has 0 bridgehead atoms. The van der Waals surface area contributed by atoms with Gasteiger partial charge in [0.15, 0.2) is 0 Å². The van der Waals surface area contributed by atoms with Crippen molar-refractivity contribution in [3.8, 4) is 0 Å². The van der Waals surface area contributed by atoms with Crippen LogP contribution in [0.2, 0.25) is 0 Å². The van der Waals surface area contributed by atoms with Gasteiger partial charge < -0.3 is 20.4 Å². The normalized spacial score (nSPS) is 10.3. The summed E-state index contributed by atoms with van der Waals surface area (Å²) >= 11 is 0. The van der Waals surface area contributed by atoms with Crippen LogP contribution in [0.5, 0.6) is 0 Å². The number of rotatable bonds is 4. The standard InChI is InChI=1S/C10H9N5O4/c11-9-2-1-8(14(16)17)3-7(9)4-13-5-10(12-6-13)15(18)19/h1-3,5-6H,4,11H2. The van der Waals surface area contributed by atoms with E-state index in [2.05, 4.69) is 4.98 Å². The zero-order valence-corrected chi connectivity index (χ0v) is 9.59. The van der Waals surface area contributed by atoms with E-state index in [0.717, 1.165) is 0 Å². The molecule has 2 aromatic rings. The van der Waals surface area contributed by atoms with Crippen molar-refractivity contribution in [1.82, 2.24) is 9.55 Å². The summed E-state index contributed by atoms with van der Waals surface area (Å²) in [5.74, 6) is -0.288. The molecule has 0 aliphatic carbocycles. The largest absolute Gasteiger partial charge is 0.398 e. The Kier molecular flexibility index (Phi) is 3.10. The summed E-state index contributed by atoms with van der Waals surface area (Å²) in [4.78, 5) is 23.6. The highest BCUT2D eigenvalue weighted by atomic mass is 16.6. The molecular formula is C10H9N5O4. The van der Waals surface area contributed by atoms with E-state index in [1.807, 2.05) is 0 Å². The third-order valence-electron chi connectivity index (χ3n) is 2.50. The molecule has 0 radical (unpaired) electrons. The Labute approximate surface area is 106 Å². The lowest BCUT2D eigenvalue weighted by Crippen LogP contribution is -2.02. The molecule has 9 heteroatoms. The van der Waals surface area contributed by atoms with Crippen molar-refractivity contribution in [2.75, 3.05) is 5.73 Å². The van der Waals surface area contributed by atoms with E-state index in [9.17, 15) is 20.2 Å². The molecule has 1 heterocycles. The number of aromatic nitrogens is 2. The molecule has 0 spiro atoms. The quantitative estimate of drug-likeness (QED) is 0.503. The molecule has 1 aromatic carbocycles. The highest BCUT2D eigenvalue weighted by molar-refractivity contribution is 5.52. The van der Waals surface area contributed by atoms with Crippen LogP contribution in [0, 0.1) is 20.2 Å². The van der Waals surface area contributed by atoms with Crippen molar-refractivity contribution in [2.45, 2.75) is 6.54 Å². The smallest absolute Gasteiger partial charge is 0.381 e. The Balaban J connectivity index is 2.29. The lowest BCUT2D eigenvalue weighted by molar-refractivity contribution is -0.389. The fourth-order valence-corrected chi connectivity index (χ4v) is 1.57. The lowest BCUT2D eigenvalue weighted by Gasteiger charge is -2.05. The molecule has 0 fully saturated rings. The highest BCUT2D eigenvalue weighted by Gasteiger charge is 2.13. The van der Waals surface area contributed by atoms with Gasteiger partial charge in [0, 0.05) is 23.4 Å². The number of hydrogen-bond donors (Lipinski definition) is 1. The number of anilines is 1. The summed E-state index contributed by atoms with van der Waals surface area (Å²) in [5.41, 5.74) is 6.51. The number of nitro benzene ring substituents is 1. The summed E-state index contributed by atoms with van der Waals surface area (Å²) in [5, 5.41) is 21.2. The van der Waals surface area contributed by atoms with E-state index in [1.54, 1.807) is 0 Å². The first-order valence-electron chi connectivity index (χ1n) is 5.16. The number of nitrogen functional groups attached to an aromatic ring is 1. The minimum Gasteiger partial charge on any atom is -0.398 e. The summed E-state index contributed by atoms with van der Waals surface area (Å²) < 4.78 is 1.44. The zero-order chi connectivity index (χ0) is 14.0. The number of non-ortho nitro benzene ring substituents is 1. The Bertz CT molecular complexity index is 651. The molecule has 0 amide bonds. The first kappa shape index (κ1) is 12.5. The Morgan fingerprint density at radius 2 is 2.00 bits per heavy atom. The first-order chi connectivity index (χ1) is 8.97. The monoisotopic (exact) mass is 263 g/mol. The second-order valence-corrected chi connectivity index (χ2v) is 3.80. The van der Waals surface area contributed by atoms with Gasteiger partial charge in [-0.15, -0.1) is 0 Å². The number of imidazole rings is 1. The van der Waals surface area contributed by atoms with E-state index in [-0.39, 0.29) is 18.1 Å². The Morgan fingerprint density at radius 1 is 1.26 bits per heavy atom. The van der Waals surface area contributed by atoms with Gasteiger partial charge in [0.25, 0.3) is 5.69 Å². The van der Waals surface area contributed by atoms with Crippen LogP contribution in [-0.2, 0) is 6.54 Å². The molecule has 0 aliphatic rings. The molecule has 0 aliphatic heterocycles. The number of hydrogen-bond acceptors (Lipinski definition) is 6. The average molecular weight is 263 g/mol. The fourth-order valence-electron chi connectivity index (χ4n) is 1.57. The first-order valence-corrected chi connectivity index (χ1v) is 5.16.